The average Bonchev–Trinajstić information content (AvgIpc) is 3.37. The fourth-order valence-corrected chi connectivity index (χ4v) is 4.18. The summed E-state index contributed by atoms with van der Waals surface area (Å²) in [5, 5.41) is 7.03. The number of carbonyl (C=O) groups is 1. The van der Waals surface area contributed by atoms with Crippen LogP contribution < -0.4 is 5.32 Å². The van der Waals surface area contributed by atoms with E-state index in [-0.39, 0.29) is 12.5 Å². The second kappa shape index (κ2) is 7.64. The second-order valence-electron chi connectivity index (χ2n) is 6.86. The molecule has 6 heteroatoms. The van der Waals surface area contributed by atoms with Crippen LogP contribution >= 0.6 is 15.9 Å². The van der Waals surface area contributed by atoms with Crippen LogP contribution in [0.2, 0.25) is 0 Å². The van der Waals surface area contributed by atoms with E-state index in [1.54, 1.807) is 0 Å². The zero-order chi connectivity index (χ0) is 18.7. The normalized spacial score (nSPS) is 15.6. The van der Waals surface area contributed by atoms with Gasteiger partial charge in [-0.1, -0.05) is 76.4 Å². The van der Waals surface area contributed by atoms with Crippen molar-refractivity contribution in [2.45, 2.75) is 37.6 Å². The minimum atomic E-state index is -0.450. The van der Waals surface area contributed by atoms with E-state index < -0.39 is 5.41 Å². The van der Waals surface area contributed by atoms with Gasteiger partial charge in [0.2, 0.25) is 17.6 Å². The molecule has 1 aliphatic rings. The molecule has 0 aliphatic heterocycles. The molecule has 1 saturated carbocycles. The number of nitrogens with one attached hydrogen (secondary N) is 1. The number of nitrogens with zero attached hydrogens (tertiary/aromatic N) is 2. The standard InChI is InChI=1S/C21H20BrN3O2/c22-17-10-6-7-15(13-17)19-24-18(27-25-19)14-23-20(26)21(11-4-5-12-21)16-8-2-1-3-9-16/h1-3,6-10,13H,4-5,11-12,14H2,(H,23,26). The lowest BCUT2D eigenvalue weighted by atomic mass is 9.78. The van der Waals surface area contributed by atoms with E-state index >= 15 is 0 Å². The van der Waals surface area contributed by atoms with Crippen molar-refractivity contribution in [3.63, 3.8) is 0 Å². The van der Waals surface area contributed by atoms with Crippen LogP contribution in [0.4, 0.5) is 0 Å². The summed E-state index contributed by atoms with van der Waals surface area (Å²) in [5.74, 6) is 0.951. The van der Waals surface area contributed by atoms with Crippen molar-refractivity contribution < 1.29 is 9.32 Å². The van der Waals surface area contributed by atoms with Crippen LogP contribution in [0.1, 0.15) is 37.1 Å². The molecule has 5 nitrogen and oxygen atoms in total. The van der Waals surface area contributed by atoms with Crippen LogP contribution in [0, 0.1) is 0 Å². The van der Waals surface area contributed by atoms with Gasteiger partial charge in [0.15, 0.2) is 0 Å². The van der Waals surface area contributed by atoms with Crippen LogP contribution in [0.3, 0.4) is 0 Å². The molecule has 3 aromatic rings. The summed E-state index contributed by atoms with van der Waals surface area (Å²) in [6.07, 6.45) is 3.87. The largest absolute Gasteiger partial charge is 0.346 e. The summed E-state index contributed by atoms with van der Waals surface area (Å²) < 4.78 is 6.27. The highest BCUT2D eigenvalue weighted by atomic mass is 79.9. The van der Waals surface area contributed by atoms with Crippen molar-refractivity contribution >= 4 is 21.8 Å². The van der Waals surface area contributed by atoms with Crippen LogP contribution in [0.15, 0.2) is 63.6 Å². The highest BCUT2D eigenvalue weighted by Crippen LogP contribution is 2.41. The maximum atomic E-state index is 13.1. The summed E-state index contributed by atoms with van der Waals surface area (Å²) in [6.45, 7) is 0.231. The monoisotopic (exact) mass is 425 g/mol. The summed E-state index contributed by atoms with van der Waals surface area (Å²) in [6, 6.07) is 17.8. The van der Waals surface area contributed by atoms with Crippen molar-refractivity contribution in [2.75, 3.05) is 0 Å². The molecular weight excluding hydrogens is 406 g/mol. The lowest BCUT2D eigenvalue weighted by molar-refractivity contribution is -0.127. The molecular formula is C21H20BrN3O2. The van der Waals surface area contributed by atoms with E-state index in [0.29, 0.717) is 11.7 Å². The van der Waals surface area contributed by atoms with Gasteiger partial charge >= 0.3 is 0 Å². The predicted molar refractivity (Wildman–Crippen MR) is 106 cm³/mol. The summed E-state index contributed by atoms with van der Waals surface area (Å²) in [4.78, 5) is 17.5. The van der Waals surface area contributed by atoms with Gasteiger partial charge in [-0.05, 0) is 30.5 Å². The Morgan fingerprint density at radius 1 is 1.11 bits per heavy atom. The van der Waals surface area contributed by atoms with Gasteiger partial charge in [0.1, 0.15) is 0 Å². The Hall–Kier alpha value is -2.47. The number of carbonyl (C=O) groups excluding carboxylic acids is 1. The van der Waals surface area contributed by atoms with E-state index in [9.17, 15) is 4.79 Å². The van der Waals surface area contributed by atoms with E-state index in [4.69, 9.17) is 4.52 Å². The van der Waals surface area contributed by atoms with Gasteiger partial charge in [-0.3, -0.25) is 4.79 Å². The third-order valence-electron chi connectivity index (χ3n) is 5.17. The van der Waals surface area contributed by atoms with Gasteiger partial charge in [-0.2, -0.15) is 4.98 Å². The van der Waals surface area contributed by atoms with Crippen LogP contribution in [-0.2, 0) is 16.8 Å². The molecule has 1 amide bonds. The van der Waals surface area contributed by atoms with Gasteiger partial charge < -0.3 is 9.84 Å². The quantitative estimate of drug-likeness (QED) is 0.646. The third kappa shape index (κ3) is 3.67. The molecule has 138 valence electrons. The zero-order valence-corrected chi connectivity index (χ0v) is 16.4. The highest BCUT2D eigenvalue weighted by molar-refractivity contribution is 9.10. The van der Waals surface area contributed by atoms with E-state index in [0.717, 1.165) is 41.3 Å². The number of amides is 1. The first-order valence-electron chi connectivity index (χ1n) is 9.10. The van der Waals surface area contributed by atoms with Crippen LogP contribution in [-0.4, -0.2) is 16.0 Å². The highest BCUT2D eigenvalue weighted by Gasteiger charge is 2.42. The fourth-order valence-electron chi connectivity index (χ4n) is 3.78. The van der Waals surface area contributed by atoms with Gasteiger partial charge in [0.25, 0.3) is 0 Å². The number of aromatic nitrogens is 2. The SMILES string of the molecule is O=C(NCc1nc(-c2cccc(Br)c2)no1)C1(c2ccccc2)CCCC1. The van der Waals surface area contributed by atoms with Crippen molar-refractivity contribution in [3.05, 3.63) is 70.5 Å². The Kier molecular flexibility index (Phi) is 5.07. The van der Waals surface area contributed by atoms with Crippen molar-refractivity contribution in [1.29, 1.82) is 0 Å². The van der Waals surface area contributed by atoms with Crippen molar-refractivity contribution in [1.82, 2.24) is 15.5 Å². The summed E-state index contributed by atoms with van der Waals surface area (Å²) >= 11 is 3.44. The molecule has 0 bridgehead atoms. The Morgan fingerprint density at radius 3 is 2.63 bits per heavy atom. The molecule has 0 atom stereocenters. The molecule has 0 unspecified atom stereocenters. The smallest absolute Gasteiger partial charge is 0.246 e. The Balaban J connectivity index is 1.48. The first-order chi connectivity index (χ1) is 13.2. The van der Waals surface area contributed by atoms with Crippen LogP contribution in [0.5, 0.6) is 0 Å². The number of hydrogen-bond acceptors (Lipinski definition) is 4. The minimum absolute atomic E-state index is 0.0356. The molecule has 4 rings (SSSR count). The topological polar surface area (TPSA) is 68.0 Å². The predicted octanol–water partition coefficient (Wildman–Crippen LogP) is 4.63. The molecule has 1 fully saturated rings. The molecule has 0 saturated heterocycles. The Labute approximate surface area is 166 Å². The lowest BCUT2D eigenvalue weighted by Crippen LogP contribution is -2.42. The third-order valence-corrected chi connectivity index (χ3v) is 5.66. The molecule has 27 heavy (non-hydrogen) atoms. The minimum Gasteiger partial charge on any atom is -0.346 e. The summed E-state index contributed by atoms with van der Waals surface area (Å²) in [7, 11) is 0. The molecule has 1 aromatic heterocycles. The van der Waals surface area contributed by atoms with Gasteiger partial charge in [0, 0.05) is 10.0 Å². The van der Waals surface area contributed by atoms with Crippen molar-refractivity contribution in [3.8, 4) is 11.4 Å². The number of benzene rings is 2. The first kappa shape index (κ1) is 17.9. The average molecular weight is 426 g/mol. The van der Waals surface area contributed by atoms with Gasteiger partial charge in [0.05, 0.1) is 12.0 Å². The van der Waals surface area contributed by atoms with E-state index in [1.807, 2.05) is 54.6 Å². The summed E-state index contributed by atoms with van der Waals surface area (Å²) in [5.41, 5.74) is 1.50. The first-order valence-corrected chi connectivity index (χ1v) is 9.89. The zero-order valence-electron chi connectivity index (χ0n) is 14.8. The fraction of sp³-hybridized carbons (Fsp3) is 0.286. The van der Waals surface area contributed by atoms with Gasteiger partial charge in [-0.15, -0.1) is 0 Å². The van der Waals surface area contributed by atoms with E-state index in [1.165, 1.54) is 0 Å². The molecule has 0 radical (unpaired) electrons. The number of hydrogen-bond donors (Lipinski definition) is 1. The number of halogens is 1. The van der Waals surface area contributed by atoms with E-state index in [2.05, 4.69) is 31.4 Å². The number of rotatable bonds is 5. The second-order valence-corrected chi connectivity index (χ2v) is 7.78. The molecule has 1 heterocycles. The Morgan fingerprint density at radius 2 is 1.89 bits per heavy atom. The maximum Gasteiger partial charge on any atom is 0.246 e. The maximum absolute atomic E-state index is 13.1. The molecule has 0 spiro atoms. The lowest BCUT2D eigenvalue weighted by Gasteiger charge is -2.28. The molecule has 1 aliphatic carbocycles. The molecule has 2 aromatic carbocycles. The Bertz CT molecular complexity index is 933. The van der Waals surface area contributed by atoms with Crippen LogP contribution in [0.25, 0.3) is 11.4 Å². The van der Waals surface area contributed by atoms with Gasteiger partial charge in [-0.25, -0.2) is 0 Å². The van der Waals surface area contributed by atoms with Crippen molar-refractivity contribution in [2.24, 2.45) is 0 Å². The molecule has 1 N–H and O–H groups in total.